The van der Waals surface area contributed by atoms with Crippen molar-refractivity contribution in [1.29, 1.82) is 0 Å². The van der Waals surface area contributed by atoms with Crippen LogP contribution in [-0.2, 0) is 22.6 Å². The van der Waals surface area contributed by atoms with Crippen molar-refractivity contribution in [3.63, 3.8) is 0 Å². The number of nitrogens with zero attached hydrogens (tertiary/aromatic N) is 1. The molecule has 0 radical (unpaired) electrons. The van der Waals surface area contributed by atoms with Crippen molar-refractivity contribution >= 4 is 6.16 Å². The summed E-state index contributed by atoms with van der Waals surface area (Å²) in [5.74, 6) is 0. The molecule has 31 heavy (non-hydrogen) atoms. The second-order valence-electron chi connectivity index (χ2n) is 7.23. The molecule has 3 aromatic carbocycles. The highest BCUT2D eigenvalue weighted by atomic mass is 16.7. The first kappa shape index (κ1) is 22.3. The van der Waals surface area contributed by atoms with E-state index in [1.807, 2.05) is 54.6 Å². The molecule has 0 spiro atoms. The van der Waals surface area contributed by atoms with Gasteiger partial charge in [-0.25, -0.2) is 4.79 Å². The molecule has 0 aliphatic carbocycles. The molecular weight excluding hydrogens is 386 g/mol. The molecule has 0 heterocycles. The fourth-order valence-electron chi connectivity index (χ4n) is 3.65. The van der Waals surface area contributed by atoms with Crippen molar-refractivity contribution < 1.29 is 14.3 Å². The zero-order chi connectivity index (χ0) is 21.9. The molecule has 0 saturated carbocycles. The molecule has 0 aliphatic rings. The predicted octanol–water partition coefficient (Wildman–Crippen LogP) is 6.16. The summed E-state index contributed by atoms with van der Waals surface area (Å²) in [6, 6.07) is 30.4. The quantitative estimate of drug-likeness (QED) is 0.294. The third kappa shape index (κ3) is 6.56. The van der Waals surface area contributed by atoms with E-state index < -0.39 is 12.3 Å². The maximum Gasteiger partial charge on any atom is 0.508 e. The van der Waals surface area contributed by atoms with Crippen LogP contribution in [0.5, 0.6) is 0 Å². The predicted molar refractivity (Wildman–Crippen MR) is 123 cm³/mol. The average Bonchev–Trinajstić information content (AvgIpc) is 2.81. The molecule has 160 valence electrons. The summed E-state index contributed by atoms with van der Waals surface area (Å²) in [5, 5.41) is 0. The summed E-state index contributed by atoms with van der Waals surface area (Å²) in [6.45, 7) is 7.35. The van der Waals surface area contributed by atoms with Gasteiger partial charge in [-0.15, -0.1) is 0 Å². The van der Waals surface area contributed by atoms with E-state index in [0.29, 0.717) is 13.1 Å². The van der Waals surface area contributed by atoms with Crippen molar-refractivity contribution in [2.75, 3.05) is 6.61 Å². The van der Waals surface area contributed by atoms with Crippen LogP contribution in [-0.4, -0.2) is 23.8 Å². The molecule has 0 saturated heterocycles. The van der Waals surface area contributed by atoms with E-state index in [0.717, 1.165) is 5.56 Å². The Morgan fingerprint density at radius 3 is 1.81 bits per heavy atom. The number of ether oxygens (including phenoxy) is 2. The molecule has 2 unspecified atom stereocenters. The summed E-state index contributed by atoms with van der Waals surface area (Å²) in [4.78, 5) is 14.5. The van der Waals surface area contributed by atoms with E-state index in [1.165, 1.54) is 11.1 Å². The highest BCUT2D eigenvalue weighted by Gasteiger charge is 2.31. The number of carbonyl (C=O) groups excluding carboxylic acids is 1. The van der Waals surface area contributed by atoms with Crippen LogP contribution in [0.2, 0.25) is 0 Å². The molecule has 2 atom stereocenters. The molecule has 0 fully saturated rings. The SMILES string of the molecule is C=CC(OC(=O)OCC)C(c1ccccc1)N(Cc1ccccc1)Cc1ccccc1. The first-order valence-corrected chi connectivity index (χ1v) is 10.5. The van der Waals surface area contributed by atoms with Gasteiger partial charge in [0.2, 0.25) is 0 Å². The van der Waals surface area contributed by atoms with Gasteiger partial charge in [0, 0.05) is 13.1 Å². The first-order valence-electron chi connectivity index (χ1n) is 10.5. The second kappa shape index (κ2) is 11.7. The van der Waals surface area contributed by atoms with Crippen LogP contribution in [0, 0.1) is 0 Å². The molecule has 3 rings (SSSR count). The number of carbonyl (C=O) groups is 1. The van der Waals surface area contributed by atoms with Crippen LogP contribution >= 0.6 is 0 Å². The Morgan fingerprint density at radius 1 is 0.871 bits per heavy atom. The maximum atomic E-state index is 12.2. The molecule has 0 N–H and O–H groups in total. The summed E-state index contributed by atoms with van der Waals surface area (Å²) >= 11 is 0. The van der Waals surface area contributed by atoms with Gasteiger partial charge < -0.3 is 9.47 Å². The highest BCUT2D eigenvalue weighted by Crippen LogP contribution is 2.31. The molecule has 4 nitrogen and oxygen atoms in total. The van der Waals surface area contributed by atoms with E-state index in [9.17, 15) is 4.79 Å². The Labute approximate surface area is 184 Å². The van der Waals surface area contributed by atoms with Crippen LogP contribution in [0.15, 0.2) is 104 Å². The third-order valence-corrected chi connectivity index (χ3v) is 5.03. The zero-order valence-corrected chi connectivity index (χ0v) is 17.9. The Hall–Kier alpha value is -3.37. The van der Waals surface area contributed by atoms with Gasteiger partial charge >= 0.3 is 6.16 Å². The summed E-state index contributed by atoms with van der Waals surface area (Å²) < 4.78 is 10.7. The topological polar surface area (TPSA) is 38.8 Å². The fraction of sp³-hybridized carbons (Fsp3) is 0.222. The van der Waals surface area contributed by atoms with Gasteiger partial charge in [-0.1, -0.05) is 97.6 Å². The Morgan fingerprint density at radius 2 is 1.35 bits per heavy atom. The van der Waals surface area contributed by atoms with Crippen molar-refractivity contribution in [2.45, 2.75) is 32.2 Å². The lowest BCUT2D eigenvalue weighted by Gasteiger charge is -2.36. The average molecular weight is 416 g/mol. The number of benzene rings is 3. The zero-order valence-electron chi connectivity index (χ0n) is 17.9. The molecule has 0 amide bonds. The van der Waals surface area contributed by atoms with Gasteiger partial charge in [0.15, 0.2) is 0 Å². The Kier molecular flexibility index (Phi) is 8.44. The van der Waals surface area contributed by atoms with Crippen LogP contribution in [0.3, 0.4) is 0 Å². The molecule has 4 heteroatoms. The first-order chi connectivity index (χ1) is 15.2. The third-order valence-electron chi connectivity index (χ3n) is 5.03. The van der Waals surface area contributed by atoms with Crippen LogP contribution in [0.25, 0.3) is 0 Å². The molecule has 3 aromatic rings. The van der Waals surface area contributed by atoms with E-state index in [-0.39, 0.29) is 12.6 Å². The number of hydrogen-bond donors (Lipinski definition) is 0. The van der Waals surface area contributed by atoms with Gasteiger partial charge in [0.25, 0.3) is 0 Å². The van der Waals surface area contributed by atoms with E-state index in [4.69, 9.17) is 9.47 Å². The van der Waals surface area contributed by atoms with Crippen molar-refractivity contribution in [2.24, 2.45) is 0 Å². The molecule has 0 bridgehead atoms. The van der Waals surface area contributed by atoms with E-state index >= 15 is 0 Å². The molecule has 0 aliphatic heterocycles. The summed E-state index contributed by atoms with van der Waals surface area (Å²) in [6.07, 6.45) is 0.416. The largest absolute Gasteiger partial charge is 0.508 e. The van der Waals surface area contributed by atoms with Crippen LogP contribution in [0.4, 0.5) is 4.79 Å². The second-order valence-corrected chi connectivity index (χ2v) is 7.23. The van der Waals surface area contributed by atoms with Crippen LogP contribution in [0.1, 0.15) is 29.7 Å². The standard InChI is InChI=1S/C27H29NO3/c1-3-25(31-27(29)30-4-2)26(24-18-12-7-13-19-24)28(20-22-14-8-5-9-15-22)21-23-16-10-6-11-17-23/h3,5-19,25-26H,1,4,20-21H2,2H3. The fourth-order valence-corrected chi connectivity index (χ4v) is 3.65. The lowest BCUT2D eigenvalue weighted by atomic mass is 9.97. The van der Waals surface area contributed by atoms with Crippen molar-refractivity contribution in [1.82, 2.24) is 4.90 Å². The van der Waals surface area contributed by atoms with Gasteiger partial charge in [0.1, 0.15) is 6.10 Å². The maximum absolute atomic E-state index is 12.2. The monoisotopic (exact) mass is 415 g/mol. The molecular formula is C27H29NO3. The summed E-state index contributed by atoms with van der Waals surface area (Å²) in [5.41, 5.74) is 3.40. The number of hydrogen-bond acceptors (Lipinski definition) is 4. The Bertz CT molecular complexity index is 887. The van der Waals surface area contributed by atoms with Crippen LogP contribution < -0.4 is 0 Å². The van der Waals surface area contributed by atoms with Gasteiger partial charge in [0.05, 0.1) is 12.6 Å². The minimum absolute atomic E-state index is 0.233. The smallest absolute Gasteiger partial charge is 0.435 e. The molecule has 0 aromatic heterocycles. The van der Waals surface area contributed by atoms with Crippen molar-refractivity contribution in [3.8, 4) is 0 Å². The Balaban J connectivity index is 2.00. The van der Waals surface area contributed by atoms with Crippen molar-refractivity contribution in [3.05, 3.63) is 120 Å². The lowest BCUT2D eigenvalue weighted by molar-refractivity contribution is 0.000732. The minimum atomic E-state index is -0.687. The van der Waals surface area contributed by atoms with E-state index in [2.05, 4.69) is 47.9 Å². The van der Waals surface area contributed by atoms with Gasteiger partial charge in [-0.05, 0) is 29.7 Å². The lowest BCUT2D eigenvalue weighted by Crippen LogP contribution is -2.37. The van der Waals surface area contributed by atoms with Gasteiger partial charge in [-0.3, -0.25) is 4.90 Å². The van der Waals surface area contributed by atoms with Gasteiger partial charge in [-0.2, -0.15) is 0 Å². The normalized spacial score (nSPS) is 12.7. The summed E-state index contributed by atoms with van der Waals surface area (Å²) in [7, 11) is 0. The van der Waals surface area contributed by atoms with E-state index in [1.54, 1.807) is 13.0 Å². The highest BCUT2D eigenvalue weighted by molar-refractivity contribution is 5.60. The number of rotatable bonds is 10. The minimum Gasteiger partial charge on any atom is -0.435 e.